The summed E-state index contributed by atoms with van der Waals surface area (Å²) in [5.74, 6) is 1.88. The Morgan fingerprint density at radius 1 is 1.26 bits per heavy atom. The molecule has 0 aliphatic carbocycles. The predicted molar refractivity (Wildman–Crippen MR) is 144 cm³/mol. The minimum atomic E-state index is -0.448. The van der Waals surface area contributed by atoms with Gasteiger partial charge in [0.2, 0.25) is 5.88 Å². The lowest BCUT2D eigenvalue weighted by Gasteiger charge is -2.10. The number of aromatic nitrogens is 1. The Morgan fingerprint density at radius 3 is 2.47 bits per heavy atom. The lowest BCUT2D eigenvalue weighted by molar-refractivity contribution is 0.0700. The van der Waals surface area contributed by atoms with E-state index in [1.165, 1.54) is 19.8 Å². The molecule has 1 aliphatic rings. The van der Waals surface area contributed by atoms with Gasteiger partial charge in [-0.15, -0.1) is 0 Å². The number of thioether (sulfide) groups is 1. The fraction of sp³-hybridized carbons (Fsp3) is 0.615. The van der Waals surface area contributed by atoms with E-state index < -0.39 is 5.97 Å². The monoisotopic (exact) mass is 494 g/mol. The molecular formula is C26H43FN4O2S. The van der Waals surface area contributed by atoms with Gasteiger partial charge >= 0.3 is 0 Å². The lowest BCUT2D eigenvalue weighted by Crippen LogP contribution is -2.11. The van der Waals surface area contributed by atoms with Gasteiger partial charge in [0.25, 0.3) is 0 Å². The molecular weight excluding hydrogens is 451 g/mol. The molecule has 1 saturated heterocycles. The van der Waals surface area contributed by atoms with Gasteiger partial charge in [0.1, 0.15) is 0 Å². The fourth-order valence-electron chi connectivity index (χ4n) is 3.37. The summed E-state index contributed by atoms with van der Waals surface area (Å²) in [6, 6.07) is 0. The summed E-state index contributed by atoms with van der Waals surface area (Å²) in [4.78, 5) is 3.86. The van der Waals surface area contributed by atoms with E-state index in [4.69, 9.17) is 20.7 Å². The first-order chi connectivity index (χ1) is 16.1. The standard InChI is InChI=1S/C15H25FN2.C11H18N2O2S/c1-6-8-9-10-14(12(4)18-13(5)16)15(17)11(3)7-2;1-7-3-4-9(14-7)5-16-6-10-8(2)13-15-11(10)12/h9-10H,6-8,17H2,1-5H3;7,9H,3-6,12H2,1-2H3/b10-9-,14-12-,15-11-,18-13?;. The van der Waals surface area contributed by atoms with Gasteiger partial charge in [-0.05, 0) is 59.0 Å². The van der Waals surface area contributed by atoms with Crippen molar-refractivity contribution >= 4 is 23.6 Å². The van der Waals surface area contributed by atoms with Crippen LogP contribution in [0.25, 0.3) is 0 Å². The molecule has 2 heterocycles. The first-order valence-electron chi connectivity index (χ1n) is 12.1. The minimum Gasteiger partial charge on any atom is -0.398 e. The highest BCUT2D eigenvalue weighted by Gasteiger charge is 2.21. The number of ether oxygens (including phenoxy) is 1. The van der Waals surface area contributed by atoms with Crippen LogP contribution in [-0.2, 0) is 10.5 Å². The average Bonchev–Trinajstić information content (AvgIpc) is 3.35. The van der Waals surface area contributed by atoms with Crippen LogP contribution < -0.4 is 11.5 Å². The predicted octanol–water partition coefficient (Wildman–Crippen LogP) is 7.01. The molecule has 1 aromatic rings. The summed E-state index contributed by atoms with van der Waals surface area (Å²) in [5, 5.41) is 3.83. The number of allylic oxidation sites excluding steroid dienone is 4. The molecule has 1 aromatic heterocycles. The molecule has 0 radical (unpaired) electrons. The van der Waals surface area contributed by atoms with E-state index in [1.54, 1.807) is 6.92 Å². The molecule has 34 heavy (non-hydrogen) atoms. The second kappa shape index (κ2) is 15.8. The third-order valence-corrected chi connectivity index (χ3v) is 6.72. The topological polar surface area (TPSA) is 99.7 Å². The maximum atomic E-state index is 12.9. The maximum absolute atomic E-state index is 12.9. The zero-order chi connectivity index (χ0) is 25.7. The largest absolute Gasteiger partial charge is 0.398 e. The third kappa shape index (κ3) is 10.5. The molecule has 1 fully saturated rings. The van der Waals surface area contributed by atoms with Gasteiger partial charge in [0.15, 0.2) is 5.97 Å². The Morgan fingerprint density at radius 2 is 1.97 bits per heavy atom. The second-order valence-electron chi connectivity index (χ2n) is 8.62. The quantitative estimate of drug-likeness (QED) is 0.268. The Labute approximate surface area is 209 Å². The van der Waals surface area contributed by atoms with Crippen LogP contribution in [0.2, 0.25) is 0 Å². The smallest absolute Gasteiger partial charge is 0.226 e. The van der Waals surface area contributed by atoms with E-state index in [2.05, 4.69) is 37.0 Å². The van der Waals surface area contributed by atoms with E-state index >= 15 is 0 Å². The van der Waals surface area contributed by atoms with Crippen molar-refractivity contribution in [1.82, 2.24) is 5.16 Å². The number of nitrogens with two attached hydrogens (primary N) is 2. The van der Waals surface area contributed by atoms with Crippen molar-refractivity contribution in [2.75, 3.05) is 11.5 Å². The highest BCUT2D eigenvalue weighted by Crippen LogP contribution is 2.26. The number of aryl methyl sites for hydroxylation is 1. The van der Waals surface area contributed by atoms with Crippen molar-refractivity contribution in [3.05, 3.63) is 45.9 Å². The van der Waals surface area contributed by atoms with Crippen molar-refractivity contribution in [2.24, 2.45) is 10.7 Å². The molecule has 0 aromatic carbocycles. The first-order valence-corrected chi connectivity index (χ1v) is 13.2. The Bertz CT molecular complexity index is 866. The second-order valence-corrected chi connectivity index (χ2v) is 9.65. The summed E-state index contributed by atoms with van der Waals surface area (Å²) < 4.78 is 23.5. The van der Waals surface area contributed by atoms with Crippen LogP contribution in [0.15, 0.2) is 44.2 Å². The molecule has 0 amide bonds. The van der Waals surface area contributed by atoms with E-state index in [0.29, 0.717) is 29.5 Å². The van der Waals surface area contributed by atoms with Gasteiger partial charge in [-0.3, -0.25) is 0 Å². The summed E-state index contributed by atoms with van der Waals surface area (Å²) in [6.45, 7) is 13.3. The van der Waals surface area contributed by atoms with Crippen LogP contribution >= 0.6 is 11.8 Å². The highest BCUT2D eigenvalue weighted by atomic mass is 32.2. The number of unbranched alkanes of at least 4 members (excludes halogenated alkanes) is 1. The number of anilines is 1. The number of hydrogen-bond acceptors (Lipinski definition) is 7. The van der Waals surface area contributed by atoms with E-state index in [1.807, 2.05) is 31.7 Å². The molecule has 2 atom stereocenters. The van der Waals surface area contributed by atoms with Crippen molar-refractivity contribution in [1.29, 1.82) is 0 Å². The molecule has 6 nitrogen and oxygen atoms in total. The Hall–Kier alpha value is -2.06. The number of aliphatic imine (C=N–C) groups is 1. The van der Waals surface area contributed by atoms with Gasteiger partial charge < -0.3 is 20.7 Å². The van der Waals surface area contributed by atoms with Crippen molar-refractivity contribution in [2.45, 2.75) is 98.5 Å². The Kier molecular flexibility index (Phi) is 13.9. The van der Waals surface area contributed by atoms with E-state index in [9.17, 15) is 4.39 Å². The minimum absolute atomic E-state index is 0.404. The van der Waals surface area contributed by atoms with Gasteiger partial charge in [-0.2, -0.15) is 16.2 Å². The van der Waals surface area contributed by atoms with E-state index in [-0.39, 0.29) is 0 Å². The third-order valence-electron chi connectivity index (χ3n) is 5.62. The van der Waals surface area contributed by atoms with Crippen molar-refractivity contribution in [3.8, 4) is 0 Å². The zero-order valence-electron chi connectivity index (χ0n) is 21.9. The van der Waals surface area contributed by atoms with E-state index in [0.717, 1.165) is 53.2 Å². The molecule has 1 aliphatic heterocycles. The molecule has 4 N–H and O–H groups in total. The number of hydrogen-bond donors (Lipinski definition) is 2. The summed E-state index contributed by atoms with van der Waals surface area (Å²) >= 11 is 1.83. The van der Waals surface area contributed by atoms with Gasteiger partial charge in [0, 0.05) is 41.0 Å². The molecule has 0 saturated carbocycles. The van der Waals surface area contributed by atoms with Crippen LogP contribution in [0.3, 0.4) is 0 Å². The lowest BCUT2D eigenvalue weighted by atomic mass is 10.0. The summed E-state index contributed by atoms with van der Waals surface area (Å²) in [7, 11) is 0. The fourth-order valence-corrected chi connectivity index (χ4v) is 4.55. The zero-order valence-corrected chi connectivity index (χ0v) is 22.7. The first kappa shape index (κ1) is 30.0. The van der Waals surface area contributed by atoms with Crippen LogP contribution in [0.5, 0.6) is 0 Å². The molecule has 8 heteroatoms. The number of nitrogens with zero attached hydrogens (tertiary/aromatic N) is 2. The average molecular weight is 495 g/mol. The molecule has 2 unspecified atom stereocenters. The molecule has 2 rings (SSSR count). The van der Waals surface area contributed by atoms with Crippen LogP contribution in [0.4, 0.5) is 10.3 Å². The van der Waals surface area contributed by atoms with Crippen molar-refractivity contribution < 1.29 is 13.7 Å². The van der Waals surface area contributed by atoms with Crippen molar-refractivity contribution in [3.63, 3.8) is 0 Å². The molecule has 0 spiro atoms. The highest BCUT2D eigenvalue weighted by molar-refractivity contribution is 7.98. The molecule has 192 valence electrons. The Balaban J connectivity index is 0.000000341. The van der Waals surface area contributed by atoms with Crippen LogP contribution in [0.1, 0.15) is 84.9 Å². The summed E-state index contributed by atoms with van der Waals surface area (Å²) in [6.07, 6.45) is 10.1. The number of nitrogen functional groups attached to an aromatic ring is 1. The van der Waals surface area contributed by atoms with Gasteiger partial charge in [-0.25, -0.2) is 4.99 Å². The maximum Gasteiger partial charge on any atom is 0.226 e. The van der Waals surface area contributed by atoms with Gasteiger partial charge in [-0.1, -0.05) is 37.6 Å². The van der Waals surface area contributed by atoms with Gasteiger partial charge in [0.05, 0.1) is 17.9 Å². The van der Waals surface area contributed by atoms with Crippen LogP contribution in [0, 0.1) is 6.92 Å². The number of halogens is 1. The van der Waals surface area contributed by atoms with Crippen LogP contribution in [-0.4, -0.2) is 29.1 Å². The SMILES string of the molecule is CCC\C=C/C(=C(\C)N=C(C)F)C(/N)=C(\C)CC.Cc1noc(N)c1CSCC1CCC(C)O1. The molecule has 0 bridgehead atoms. The number of rotatable bonds is 10. The summed E-state index contributed by atoms with van der Waals surface area (Å²) in [5.41, 5.74) is 16.9. The normalized spacial score (nSPS) is 20.2.